The molecule has 0 spiro atoms. The van der Waals surface area contributed by atoms with Crippen LogP contribution >= 0.6 is 12.2 Å². The summed E-state index contributed by atoms with van der Waals surface area (Å²) in [6.07, 6.45) is 0. The summed E-state index contributed by atoms with van der Waals surface area (Å²) < 4.78 is 0. The molecule has 0 atom stereocenters. The molecule has 0 aromatic heterocycles. The monoisotopic (exact) mass is 249 g/mol. The second-order valence-corrected chi connectivity index (χ2v) is 4.30. The van der Waals surface area contributed by atoms with Gasteiger partial charge in [0.05, 0.1) is 6.54 Å². The number of hydrogen-bond acceptors (Lipinski definition) is 2. The molecule has 0 saturated carbocycles. The molecule has 90 valence electrons. The Morgan fingerprint density at radius 1 is 1.41 bits per heavy atom. The van der Waals surface area contributed by atoms with E-state index in [2.05, 4.69) is 10.6 Å². The second-order valence-electron chi connectivity index (χ2n) is 3.92. The number of nitrogens with one attached hydrogen (secondary N) is 2. The van der Waals surface area contributed by atoms with Crippen molar-refractivity contribution in [3.63, 3.8) is 0 Å². The highest BCUT2D eigenvalue weighted by atomic mass is 32.1. The van der Waals surface area contributed by atoms with Crippen LogP contribution in [0.2, 0.25) is 0 Å². The van der Waals surface area contributed by atoms with Gasteiger partial charge in [-0.25, -0.2) is 0 Å². The van der Waals surface area contributed by atoms with E-state index in [1.165, 1.54) is 0 Å². The highest BCUT2D eigenvalue weighted by Crippen LogP contribution is 1.99. The predicted molar refractivity (Wildman–Crippen MR) is 70.5 cm³/mol. The van der Waals surface area contributed by atoms with Gasteiger partial charge in [-0.1, -0.05) is 30.3 Å². The van der Waals surface area contributed by atoms with Gasteiger partial charge in [-0.15, -0.1) is 0 Å². The van der Waals surface area contributed by atoms with Crippen molar-refractivity contribution in [1.82, 2.24) is 15.5 Å². The van der Waals surface area contributed by atoms with E-state index < -0.39 is 0 Å². The minimum atomic E-state index is -0.0000898. The van der Waals surface area contributed by atoms with Gasteiger partial charge >= 0.3 is 0 Å². The van der Waals surface area contributed by atoms with Gasteiger partial charge in [0.15, 0.2) is 5.11 Å². The van der Waals surface area contributed by atoms with Crippen molar-refractivity contribution in [2.75, 3.05) is 19.6 Å². The van der Waals surface area contributed by atoms with Crippen LogP contribution in [0.15, 0.2) is 30.3 Å². The zero-order chi connectivity index (χ0) is 12.1. The van der Waals surface area contributed by atoms with Crippen molar-refractivity contribution in [3.8, 4) is 0 Å². The second kappa shape index (κ2) is 5.63. The molecule has 0 bridgehead atoms. The Bertz CT molecular complexity index is 407. The minimum absolute atomic E-state index is 0.0000898. The highest BCUT2D eigenvalue weighted by Gasteiger charge is 2.18. The summed E-state index contributed by atoms with van der Waals surface area (Å²) in [5.41, 5.74) is 1.10. The first kappa shape index (κ1) is 11.9. The molecule has 2 N–H and O–H groups in total. The molecule has 0 radical (unpaired) electrons. The molecule has 5 heteroatoms. The number of nitrogens with zero attached hydrogens (tertiary/aromatic N) is 1. The Labute approximate surface area is 106 Å². The Balaban J connectivity index is 1.76. The van der Waals surface area contributed by atoms with Gasteiger partial charge in [0.2, 0.25) is 5.91 Å². The van der Waals surface area contributed by atoms with Gasteiger partial charge in [-0.3, -0.25) is 4.79 Å². The maximum atomic E-state index is 11.7. The van der Waals surface area contributed by atoms with E-state index in [0.29, 0.717) is 18.2 Å². The lowest BCUT2D eigenvalue weighted by Gasteiger charge is -2.15. The molecule has 1 aromatic rings. The van der Waals surface area contributed by atoms with Crippen LogP contribution < -0.4 is 10.6 Å². The summed E-state index contributed by atoms with van der Waals surface area (Å²) in [7, 11) is 0. The average Bonchev–Trinajstić information content (AvgIpc) is 2.74. The molecule has 4 nitrogen and oxygen atoms in total. The molecular formula is C12H15N3OS. The van der Waals surface area contributed by atoms with Crippen molar-refractivity contribution in [2.45, 2.75) is 6.54 Å². The lowest BCUT2D eigenvalue weighted by atomic mass is 10.2. The summed E-state index contributed by atoms with van der Waals surface area (Å²) in [6.45, 7) is 2.52. The third-order valence-electron chi connectivity index (χ3n) is 2.61. The van der Waals surface area contributed by atoms with Crippen LogP contribution in [0.3, 0.4) is 0 Å². The SMILES string of the molecule is O=C(CN1CCNC1=S)NCc1ccccc1. The van der Waals surface area contributed by atoms with Crippen molar-refractivity contribution in [3.05, 3.63) is 35.9 Å². The van der Waals surface area contributed by atoms with Gasteiger partial charge in [0, 0.05) is 19.6 Å². The zero-order valence-electron chi connectivity index (χ0n) is 9.48. The number of benzene rings is 1. The molecule has 0 aliphatic carbocycles. The Hall–Kier alpha value is -1.62. The van der Waals surface area contributed by atoms with E-state index in [9.17, 15) is 4.79 Å². The van der Waals surface area contributed by atoms with Crippen molar-refractivity contribution < 1.29 is 4.79 Å². The fourth-order valence-corrected chi connectivity index (χ4v) is 1.95. The van der Waals surface area contributed by atoms with Gasteiger partial charge in [-0.05, 0) is 17.8 Å². The lowest BCUT2D eigenvalue weighted by Crippen LogP contribution is -2.38. The van der Waals surface area contributed by atoms with Gasteiger partial charge < -0.3 is 15.5 Å². The smallest absolute Gasteiger partial charge is 0.239 e. The first-order chi connectivity index (χ1) is 8.25. The Kier molecular flexibility index (Phi) is 3.93. The van der Waals surface area contributed by atoms with E-state index in [0.717, 1.165) is 18.7 Å². The molecule has 1 aliphatic heterocycles. The average molecular weight is 249 g/mol. The molecule has 1 fully saturated rings. The molecule has 1 heterocycles. The van der Waals surface area contributed by atoms with Crippen LogP contribution in [0, 0.1) is 0 Å². The van der Waals surface area contributed by atoms with Crippen molar-refractivity contribution >= 4 is 23.2 Å². The van der Waals surface area contributed by atoms with Crippen LogP contribution in [-0.4, -0.2) is 35.6 Å². The van der Waals surface area contributed by atoms with E-state index in [4.69, 9.17) is 12.2 Å². The maximum absolute atomic E-state index is 11.7. The number of carbonyl (C=O) groups is 1. The zero-order valence-corrected chi connectivity index (χ0v) is 10.3. The molecule has 1 aromatic carbocycles. The first-order valence-electron chi connectivity index (χ1n) is 5.59. The van der Waals surface area contributed by atoms with Crippen LogP contribution in [0.5, 0.6) is 0 Å². The number of hydrogen-bond donors (Lipinski definition) is 2. The largest absolute Gasteiger partial charge is 0.361 e. The molecule has 1 amide bonds. The molecule has 2 rings (SSSR count). The topological polar surface area (TPSA) is 44.4 Å². The van der Waals surface area contributed by atoms with Gasteiger partial charge in [0.25, 0.3) is 0 Å². The van der Waals surface area contributed by atoms with E-state index >= 15 is 0 Å². The van der Waals surface area contributed by atoms with Crippen molar-refractivity contribution in [1.29, 1.82) is 0 Å². The Morgan fingerprint density at radius 3 is 2.82 bits per heavy atom. The molecule has 0 unspecified atom stereocenters. The molecule has 17 heavy (non-hydrogen) atoms. The summed E-state index contributed by atoms with van der Waals surface area (Å²) in [4.78, 5) is 13.5. The fraction of sp³-hybridized carbons (Fsp3) is 0.333. The number of carbonyl (C=O) groups excluding carboxylic acids is 1. The van der Waals surface area contributed by atoms with Crippen LogP contribution in [0.25, 0.3) is 0 Å². The number of amides is 1. The fourth-order valence-electron chi connectivity index (χ4n) is 1.69. The molecule has 1 saturated heterocycles. The third-order valence-corrected chi connectivity index (χ3v) is 3.01. The van der Waals surface area contributed by atoms with Crippen LogP contribution in [0.1, 0.15) is 5.56 Å². The van der Waals surface area contributed by atoms with Crippen LogP contribution in [-0.2, 0) is 11.3 Å². The van der Waals surface area contributed by atoms with Crippen molar-refractivity contribution in [2.24, 2.45) is 0 Å². The standard InChI is InChI=1S/C12H15N3OS/c16-11(9-15-7-6-13-12(15)17)14-8-10-4-2-1-3-5-10/h1-5H,6-9H2,(H,13,17)(H,14,16). The normalized spacial score (nSPS) is 14.6. The first-order valence-corrected chi connectivity index (χ1v) is 6.00. The summed E-state index contributed by atoms with van der Waals surface area (Å²) >= 11 is 5.07. The van der Waals surface area contributed by atoms with Crippen LogP contribution in [0.4, 0.5) is 0 Å². The summed E-state index contributed by atoms with van der Waals surface area (Å²) in [5.74, 6) is -0.0000898. The molecular weight excluding hydrogens is 234 g/mol. The lowest BCUT2D eigenvalue weighted by molar-refractivity contribution is -0.121. The Morgan fingerprint density at radius 2 is 2.18 bits per heavy atom. The highest BCUT2D eigenvalue weighted by molar-refractivity contribution is 7.80. The number of rotatable bonds is 4. The molecule has 1 aliphatic rings. The quantitative estimate of drug-likeness (QED) is 0.763. The maximum Gasteiger partial charge on any atom is 0.239 e. The van der Waals surface area contributed by atoms with Gasteiger partial charge in [-0.2, -0.15) is 0 Å². The van der Waals surface area contributed by atoms with E-state index in [-0.39, 0.29) is 5.91 Å². The van der Waals surface area contributed by atoms with Gasteiger partial charge in [0.1, 0.15) is 0 Å². The number of thiocarbonyl (C=S) groups is 1. The summed E-state index contributed by atoms with van der Waals surface area (Å²) in [5, 5.41) is 6.57. The predicted octanol–water partition coefficient (Wildman–Crippen LogP) is 0.493. The van der Waals surface area contributed by atoms with E-state index in [1.54, 1.807) is 0 Å². The minimum Gasteiger partial charge on any atom is -0.361 e. The van der Waals surface area contributed by atoms with E-state index in [1.807, 2.05) is 35.2 Å². The summed E-state index contributed by atoms with van der Waals surface area (Å²) in [6, 6.07) is 9.85. The third kappa shape index (κ3) is 3.42.